The van der Waals surface area contributed by atoms with Crippen LogP contribution in [0.1, 0.15) is 58.1 Å². The monoisotopic (exact) mass is 292 g/mol. The minimum absolute atomic E-state index is 0.0999. The van der Waals surface area contributed by atoms with E-state index >= 15 is 0 Å². The molecule has 0 amide bonds. The molecule has 118 valence electrons. The van der Waals surface area contributed by atoms with Crippen molar-refractivity contribution >= 4 is 0 Å². The van der Waals surface area contributed by atoms with Gasteiger partial charge in [0.25, 0.3) is 0 Å². The van der Waals surface area contributed by atoms with E-state index in [0.717, 1.165) is 37.3 Å². The van der Waals surface area contributed by atoms with E-state index in [1.807, 2.05) is 13.1 Å². The summed E-state index contributed by atoms with van der Waals surface area (Å²) in [6.45, 7) is 8.54. The van der Waals surface area contributed by atoms with Gasteiger partial charge in [-0.3, -0.25) is 4.98 Å². The van der Waals surface area contributed by atoms with Crippen LogP contribution in [0.3, 0.4) is 0 Å². The van der Waals surface area contributed by atoms with Gasteiger partial charge in [-0.15, -0.1) is 0 Å². The fraction of sp³-hybridized carbons (Fsp3) is 0.706. The highest BCUT2D eigenvalue weighted by Gasteiger charge is 2.42. The average molecular weight is 292 g/mol. The smallest absolute Gasteiger partial charge is 0.137 e. The molecule has 4 heteroatoms. The highest BCUT2D eigenvalue weighted by atomic mass is 16.5. The average Bonchev–Trinajstić information content (AvgIpc) is 2.95. The third-order valence-electron chi connectivity index (χ3n) is 4.19. The molecule has 1 aromatic heterocycles. The van der Waals surface area contributed by atoms with Crippen LogP contribution in [0.5, 0.6) is 5.75 Å². The molecule has 1 N–H and O–H groups in total. The number of ether oxygens (including phenoxy) is 2. The Morgan fingerprint density at radius 2 is 1.95 bits per heavy atom. The molecule has 1 atom stereocenters. The van der Waals surface area contributed by atoms with Crippen molar-refractivity contribution in [3.05, 3.63) is 24.0 Å². The van der Waals surface area contributed by atoms with E-state index < -0.39 is 0 Å². The highest BCUT2D eigenvalue weighted by molar-refractivity contribution is 5.28. The van der Waals surface area contributed by atoms with Gasteiger partial charge < -0.3 is 14.8 Å². The highest BCUT2D eigenvalue weighted by Crippen LogP contribution is 2.43. The third-order valence-corrected chi connectivity index (χ3v) is 4.19. The van der Waals surface area contributed by atoms with Gasteiger partial charge in [0.15, 0.2) is 0 Å². The number of aromatic nitrogens is 1. The molecule has 0 saturated heterocycles. The van der Waals surface area contributed by atoms with E-state index in [2.05, 4.69) is 30.2 Å². The Bertz CT molecular complexity index is 431. The SMILES string of the molecule is CCNC(c1cncc(OCC)c1)C1(OCC)CCCC1. The molecule has 21 heavy (non-hydrogen) atoms. The summed E-state index contributed by atoms with van der Waals surface area (Å²) >= 11 is 0. The van der Waals surface area contributed by atoms with Crippen molar-refractivity contribution in [2.24, 2.45) is 0 Å². The zero-order chi connectivity index (χ0) is 15.1. The van der Waals surface area contributed by atoms with Crippen LogP contribution in [0, 0.1) is 0 Å². The zero-order valence-electron chi connectivity index (χ0n) is 13.5. The van der Waals surface area contributed by atoms with Gasteiger partial charge in [0.05, 0.1) is 24.4 Å². The van der Waals surface area contributed by atoms with Gasteiger partial charge in [0.2, 0.25) is 0 Å². The number of rotatable bonds is 8. The second kappa shape index (κ2) is 7.76. The topological polar surface area (TPSA) is 43.4 Å². The van der Waals surface area contributed by atoms with Crippen LogP contribution < -0.4 is 10.1 Å². The van der Waals surface area contributed by atoms with E-state index in [-0.39, 0.29) is 11.6 Å². The maximum Gasteiger partial charge on any atom is 0.137 e. The number of hydrogen-bond acceptors (Lipinski definition) is 4. The van der Waals surface area contributed by atoms with Crippen LogP contribution in [0.25, 0.3) is 0 Å². The summed E-state index contributed by atoms with van der Waals surface area (Å²) in [5.74, 6) is 0.836. The first kappa shape index (κ1) is 16.2. The molecule has 0 radical (unpaired) electrons. The molecule has 1 aliphatic rings. The first-order valence-electron chi connectivity index (χ1n) is 8.20. The van der Waals surface area contributed by atoms with Gasteiger partial charge in [0.1, 0.15) is 5.75 Å². The van der Waals surface area contributed by atoms with Crippen molar-refractivity contribution in [3.8, 4) is 5.75 Å². The van der Waals surface area contributed by atoms with E-state index in [1.165, 1.54) is 12.8 Å². The fourth-order valence-corrected chi connectivity index (χ4v) is 3.43. The Balaban J connectivity index is 2.30. The van der Waals surface area contributed by atoms with Crippen LogP contribution in [-0.4, -0.2) is 30.3 Å². The summed E-state index contributed by atoms with van der Waals surface area (Å²) < 4.78 is 11.8. The summed E-state index contributed by atoms with van der Waals surface area (Å²) in [5.41, 5.74) is 1.07. The van der Waals surface area contributed by atoms with Crippen LogP contribution >= 0.6 is 0 Å². The minimum atomic E-state index is -0.0999. The molecule has 4 nitrogen and oxygen atoms in total. The number of hydrogen-bond donors (Lipinski definition) is 1. The molecule has 1 unspecified atom stereocenters. The Morgan fingerprint density at radius 1 is 1.19 bits per heavy atom. The van der Waals surface area contributed by atoms with Crippen LogP contribution in [0.15, 0.2) is 18.5 Å². The van der Waals surface area contributed by atoms with Gasteiger partial charge >= 0.3 is 0 Å². The van der Waals surface area contributed by atoms with Crippen LogP contribution in [0.4, 0.5) is 0 Å². The van der Waals surface area contributed by atoms with Crippen molar-refractivity contribution < 1.29 is 9.47 Å². The summed E-state index contributed by atoms with van der Waals surface area (Å²) in [4.78, 5) is 4.35. The Kier molecular flexibility index (Phi) is 6.00. The molecule has 1 heterocycles. The summed E-state index contributed by atoms with van der Waals surface area (Å²) in [6.07, 6.45) is 8.41. The summed E-state index contributed by atoms with van der Waals surface area (Å²) in [7, 11) is 0. The van der Waals surface area contributed by atoms with E-state index in [4.69, 9.17) is 9.47 Å². The predicted octanol–water partition coefficient (Wildman–Crippen LogP) is 3.48. The first-order chi connectivity index (χ1) is 10.3. The number of pyridine rings is 1. The molecule has 1 aromatic rings. The molecule has 0 aliphatic heterocycles. The lowest BCUT2D eigenvalue weighted by Crippen LogP contribution is -2.44. The van der Waals surface area contributed by atoms with Gasteiger partial charge in [-0.1, -0.05) is 19.8 Å². The standard InChI is InChI=1S/C17H28N2O2/c1-4-19-16(17(21-6-3)9-7-8-10-17)14-11-15(20-5-2)13-18-12-14/h11-13,16,19H,4-10H2,1-3H3. The quantitative estimate of drug-likeness (QED) is 0.796. The molecule has 1 fully saturated rings. The summed E-state index contributed by atoms with van der Waals surface area (Å²) in [6, 6.07) is 2.28. The predicted molar refractivity (Wildman–Crippen MR) is 84.6 cm³/mol. The van der Waals surface area contributed by atoms with Gasteiger partial charge in [-0.05, 0) is 44.9 Å². The molecule has 1 saturated carbocycles. The minimum Gasteiger partial charge on any atom is -0.492 e. The number of nitrogens with zero attached hydrogens (tertiary/aromatic N) is 1. The Hall–Kier alpha value is -1.13. The van der Waals surface area contributed by atoms with Crippen LogP contribution in [0.2, 0.25) is 0 Å². The number of likely N-dealkylation sites (N-methyl/N-ethyl adjacent to an activating group) is 1. The Labute approximate surface area is 128 Å². The largest absolute Gasteiger partial charge is 0.492 e. The van der Waals surface area contributed by atoms with Gasteiger partial charge in [-0.2, -0.15) is 0 Å². The maximum absolute atomic E-state index is 6.23. The van der Waals surface area contributed by atoms with E-state index in [9.17, 15) is 0 Å². The first-order valence-corrected chi connectivity index (χ1v) is 8.20. The van der Waals surface area contributed by atoms with Crippen molar-refractivity contribution in [1.29, 1.82) is 0 Å². The molecular formula is C17H28N2O2. The van der Waals surface area contributed by atoms with Crippen molar-refractivity contribution in [3.63, 3.8) is 0 Å². The second-order valence-electron chi connectivity index (χ2n) is 5.58. The molecule has 0 bridgehead atoms. The molecule has 0 spiro atoms. The lowest BCUT2D eigenvalue weighted by Gasteiger charge is -2.38. The van der Waals surface area contributed by atoms with Gasteiger partial charge in [0, 0.05) is 12.8 Å². The fourth-order valence-electron chi connectivity index (χ4n) is 3.43. The number of nitrogens with one attached hydrogen (secondary N) is 1. The van der Waals surface area contributed by atoms with E-state index in [1.54, 1.807) is 6.20 Å². The third kappa shape index (κ3) is 3.74. The molecule has 2 rings (SSSR count). The Morgan fingerprint density at radius 3 is 2.57 bits per heavy atom. The van der Waals surface area contributed by atoms with Crippen molar-refractivity contribution in [2.75, 3.05) is 19.8 Å². The molecular weight excluding hydrogens is 264 g/mol. The van der Waals surface area contributed by atoms with Crippen LogP contribution in [-0.2, 0) is 4.74 Å². The van der Waals surface area contributed by atoms with Crippen molar-refractivity contribution in [2.45, 2.75) is 58.1 Å². The van der Waals surface area contributed by atoms with Crippen molar-refractivity contribution in [1.82, 2.24) is 10.3 Å². The second-order valence-corrected chi connectivity index (χ2v) is 5.58. The maximum atomic E-state index is 6.23. The lowest BCUT2D eigenvalue weighted by molar-refractivity contribution is -0.0624. The molecule has 1 aliphatic carbocycles. The zero-order valence-corrected chi connectivity index (χ0v) is 13.5. The molecule has 0 aromatic carbocycles. The van der Waals surface area contributed by atoms with E-state index in [0.29, 0.717) is 6.61 Å². The lowest BCUT2D eigenvalue weighted by atomic mass is 9.87. The normalized spacial score (nSPS) is 18.6. The summed E-state index contributed by atoms with van der Waals surface area (Å²) in [5, 5.41) is 3.62. The van der Waals surface area contributed by atoms with Gasteiger partial charge in [-0.25, -0.2) is 0 Å².